The molecule has 29 heavy (non-hydrogen) atoms. The number of likely N-dealkylation sites (tertiary alicyclic amines) is 1. The average molecular weight is 424 g/mol. The first kappa shape index (κ1) is 20.2. The molecule has 2 aromatic rings. The minimum atomic E-state index is -4.50. The molecule has 156 valence electrons. The number of anilines is 1. The van der Waals surface area contributed by atoms with Gasteiger partial charge in [0.15, 0.2) is 0 Å². The van der Waals surface area contributed by atoms with Crippen LogP contribution in [0.4, 0.5) is 18.9 Å². The van der Waals surface area contributed by atoms with Crippen LogP contribution in [-0.2, 0) is 16.0 Å². The molecule has 2 atom stereocenters. The molecule has 0 aliphatic carbocycles. The second kappa shape index (κ2) is 7.32. The number of hydrogen-bond donors (Lipinski definition) is 1. The van der Waals surface area contributed by atoms with E-state index in [9.17, 15) is 21.6 Å². The van der Waals surface area contributed by atoms with E-state index >= 15 is 0 Å². The van der Waals surface area contributed by atoms with Crippen molar-refractivity contribution in [2.45, 2.75) is 47.7 Å². The van der Waals surface area contributed by atoms with Crippen molar-refractivity contribution in [1.29, 1.82) is 0 Å². The molecule has 1 fully saturated rings. The maximum absolute atomic E-state index is 13.0. The number of halogens is 3. The first-order valence-electron chi connectivity index (χ1n) is 9.75. The highest BCUT2D eigenvalue weighted by Gasteiger charge is 2.35. The van der Waals surface area contributed by atoms with Crippen LogP contribution >= 0.6 is 0 Å². The van der Waals surface area contributed by atoms with Crippen LogP contribution in [-0.4, -0.2) is 39.0 Å². The molecule has 0 aromatic heterocycles. The molecule has 1 N–H and O–H groups in total. The van der Waals surface area contributed by atoms with Gasteiger partial charge in [-0.1, -0.05) is 6.92 Å². The van der Waals surface area contributed by atoms with Crippen LogP contribution in [0.5, 0.6) is 0 Å². The monoisotopic (exact) mass is 424 g/mol. The van der Waals surface area contributed by atoms with Crippen LogP contribution in [0.25, 0.3) is 0 Å². The lowest BCUT2D eigenvalue weighted by atomic mass is 9.91. The number of alkyl halides is 3. The molecule has 2 heterocycles. The minimum Gasteiger partial charge on any atom is -0.381 e. The fourth-order valence-corrected chi connectivity index (χ4v) is 5.62. The van der Waals surface area contributed by atoms with E-state index in [1.165, 1.54) is 6.07 Å². The molecule has 2 aliphatic rings. The predicted octanol–water partition coefficient (Wildman–Crippen LogP) is 4.53. The number of nitrogens with zero attached hydrogens (tertiary/aromatic N) is 1. The molecule has 0 radical (unpaired) electrons. The van der Waals surface area contributed by atoms with Gasteiger partial charge >= 0.3 is 6.18 Å². The normalized spacial score (nSPS) is 22.5. The third-order valence-corrected chi connectivity index (χ3v) is 7.78. The molecule has 0 spiro atoms. The Hall–Kier alpha value is -2.06. The minimum absolute atomic E-state index is 0.120. The van der Waals surface area contributed by atoms with Gasteiger partial charge in [-0.25, -0.2) is 8.42 Å². The number of rotatable bonds is 3. The fourth-order valence-electron chi connectivity index (χ4n) is 4.32. The van der Waals surface area contributed by atoms with Crippen molar-refractivity contribution in [1.82, 2.24) is 4.90 Å². The van der Waals surface area contributed by atoms with Crippen molar-refractivity contribution in [3.8, 4) is 0 Å². The van der Waals surface area contributed by atoms with Gasteiger partial charge < -0.3 is 10.2 Å². The molecular weight excluding hydrogens is 401 g/mol. The van der Waals surface area contributed by atoms with Crippen LogP contribution < -0.4 is 5.32 Å². The van der Waals surface area contributed by atoms with E-state index in [-0.39, 0.29) is 21.8 Å². The highest BCUT2D eigenvalue weighted by atomic mass is 32.2. The molecule has 0 unspecified atom stereocenters. The van der Waals surface area contributed by atoms with Gasteiger partial charge in [-0.15, -0.1) is 0 Å². The first-order chi connectivity index (χ1) is 13.7. The molecule has 1 saturated heterocycles. The summed E-state index contributed by atoms with van der Waals surface area (Å²) >= 11 is 0. The van der Waals surface area contributed by atoms with Gasteiger partial charge in [0.05, 0.1) is 15.4 Å². The summed E-state index contributed by atoms with van der Waals surface area (Å²) in [5, 5.41) is 3.52. The Labute approximate surface area is 168 Å². The van der Waals surface area contributed by atoms with Crippen LogP contribution in [0.15, 0.2) is 52.3 Å². The zero-order valence-corrected chi connectivity index (χ0v) is 16.9. The van der Waals surface area contributed by atoms with Gasteiger partial charge in [0.2, 0.25) is 9.84 Å². The van der Waals surface area contributed by atoms with Crippen LogP contribution in [0, 0.1) is 0 Å². The average Bonchev–Trinajstić information content (AvgIpc) is 2.91. The fraction of sp³-hybridized carbons (Fsp3) is 0.429. The van der Waals surface area contributed by atoms with E-state index in [0.29, 0.717) is 0 Å². The molecule has 0 saturated carbocycles. The quantitative estimate of drug-likeness (QED) is 0.787. The SMILES string of the molecule is CCN1CC[C@@H]2Nc3ccc(S(=O)(=O)c4ccc(C(F)(F)F)cc4)cc3[C@H]2CC1. The van der Waals surface area contributed by atoms with Crippen molar-refractivity contribution in [3.63, 3.8) is 0 Å². The van der Waals surface area contributed by atoms with Gasteiger partial charge in [0, 0.05) is 24.2 Å². The van der Waals surface area contributed by atoms with Crippen LogP contribution in [0.2, 0.25) is 0 Å². The smallest absolute Gasteiger partial charge is 0.381 e. The van der Waals surface area contributed by atoms with E-state index in [2.05, 4.69) is 17.1 Å². The third-order valence-electron chi connectivity index (χ3n) is 6.01. The zero-order chi connectivity index (χ0) is 20.8. The summed E-state index contributed by atoms with van der Waals surface area (Å²) in [7, 11) is -3.89. The van der Waals surface area contributed by atoms with E-state index in [4.69, 9.17) is 0 Å². The van der Waals surface area contributed by atoms with Gasteiger partial charge in [-0.2, -0.15) is 13.2 Å². The summed E-state index contributed by atoms with van der Waals surface area (Å²) in [5.41, 5.74) is 1.08. The molecule has 4 rings (SSSR count). The summed E-state index contributed by atoms with van der Waals surface area (Å²) in [5.74, 6) is 0.240. The maximum atomic E-state index is 13.0. The zero-order valence-electron chi connectivity index (χ0n) is 16.0. The summed E-state index contributed by atoms with van der Waals surface area (Å²) in [6.45, 7) is 5.11. The molecule has 8 heteroatoms. The highest BCUT2D eigenvalue weighted by molar-refractivity contribution is 7.91. The standard InChI is InChI=1S/C21H23F3N2O2S/c1-2-26-11-9-17-18-13-16(7-8-19(18)25-20(17)10-12-26)29(27,28)15-5-3-14(4-6-15)21(22,23)24/h3-8,13,17,20,25H,2,9-12H2,1H3/t17-,20+/m1/s1. The van der Waals surface area contributed by atoms with Gasteiger partial charge in [0.25, 0.3) is 0 Å². The third kappa shape index (κ3) is 3.75. The second-order valence-corrected chi connectivity index (χ2v) is 9.59. The Morgan fingerprint density at radius 2 is 1.69 bits per heavy atom. The lowest BCUT2D eigenvalue weighted by Gasteiger charge is -2.17. The van der Waals surface area contributed by atoms with Crippen LogP contribution in [0.3, 0.4) is 0 Å². The van der Waals surface area contributed by atoms with Crippen molar-refractivity contribution < 1.29 is 21.6 Å². The van der Waals surface area contributed by atoms with Gasteiger partial charge in [0.1, 0.15) is 0 Å². The predicted molar refractivity (Wildman–Crippen MR) is 105 cm³/mol. The Kier molecular flexibility index (Phi) is 5.11. The molecule has 2 aromatic carbocycles. The number of hydrogen-bond acceptors (Lipinski definition) is 4. The molecule has 0 bridgehead atoms. The van der Waals surface area contributed by atoms with Crippen LogP contribution in [0.1, 0.15) is 36.8 Å². The largest absolute Gasteiger partial charge is 0.416 e. The van der Waals surface area contributed by atoms with Crippen molar-refractivity contribution >= 4 is 15.5 Å². The summed E-state index contributed by atoms with van der Waals surface area (Å²) in [6.07, 6.45) is -2.56. The summed E-state index contributed by atoms with van der Waals surface area (Å²) in [4.78, 5) is 2.38. The topological polar surface area (TPSA) is 49.4 Å². The van der Waals surface area contributed by atoms with E-state index in [1.54, 1.807) is 12.1 Å². The lowest BCUT2D eigenvalue weighted by Crippen LogP contribution is -2.25. The Morgan fingerprint density at radius 1 is 1.03 bits per heavy atom. The Morgan fingerprint density at radius 3 is 2.34 bits per heavy atom. The van der Waals surface area contributed by atoms with E-state index < -0.39 is 21.6 Å². The van der Waals surface area contributed by atoms with Crippen molar-refractivity contribution in [2.75, 3.05) is 25.0 Å². The molecule has 2 aliphatic heterocycles. The van der Waals surface area contributed by atoms with Gasteiger partial charge in [-0.05, 0) is 74.0 Å². The first-order valence-corrected chi connectivity index (χ1v) is 11.2. The number of nitrogens with one attached hydrogen (secondary N) is 1. The Bertz CT molecular complexity index is 1000. The van der Waals surface area contributed by atoms with Crippen molar-refractivity contribution in [3.05, 3.63) is 53.6 Å². The second-order valence-electron chi connectivity index (χ2n) is 7.64. The maximum Gasteiger partial charge on any atom is 0.416 e. The summed E-state index contributed by atoms with van der Waals surface area (Å²) in [6, 6.07) is 8.95. The molecule has 0 amide bonds. The number of benzene rings is 2. The number of fused-ring (bicyclic) bond motifs is 3. The lowest BCUT2D eigenvalue weighted by molar-refractivity contribution is -0.137. The van der Waals surface area contributed by atoms with E-state index in [0.717, 1.165) is 68.0 Å². The summed E-state index contributed by atoms with van der Waals surface area (Å²) < 4.78 is 64.3. The number of sulfone groups is 1. The Balaban J connectivity index is 1.65. The van der Waals surface area contributed by atoms with Crippen molar-refractivity contribution in [2.24, 2.45) is 0 Å². The molecular formula is C21H23F3N2O2S. The highest BCUT2D eigenvalue weighted by Crippen LogP contribution is 2.42. The van der Waals surface area contributed by atoms with E-state index in [1.807, 2.05) is 0 Å². The molecule has 4 nitrogen and oxygen atoms in total. The van der Waals surface area contributed by atoms with Gasteiger partial charge in [-0.3, -0.25) is 0 Å².